The third-order valence-corrected chi connectivity index (χ3v) is 5.88. The molecule has 6 nitrogen and oxygen atoms in total. The summed E-state index contributed by atoms with van der Waals surface area (Å²) in [5.41, 5.74) is 3.36. The smallest absolute Gasteiger partial charge is 0.255 e. The molecule has 2 fully saturated rings. The summed E-state index contributed by atoms with van der Waals surface area (Å²) in [7, 11) is 0. The number of carbonyl (C=O) groups excluding carboxylic acids is 3. The van der Waals surface area contributed by atoms with Gasteiger partial charge >= 0.3 is 0 Å². The van der Waals surface area contributed by atoms with Crippen LogP contribution in [0.2, 0.25) is 0 Å². The third-order valence-electron chi connectivity index (χ3n) is 5.88. The number of anilines is 1. The number of nitrogens with zero attached hydrogens (tertiary/aromatic N) is 1. The van der Waals surface area contributed by atoms with Crippen LogP contribution in [0.4, 0.5) is 5.69 Å². The van der Waals surface area contributed by atoms with Gasteiger partial charge in [0.15, 0.2) is 0 Å². The van der Waals surface area contributed by atoms with Crippen LogP contribution in [0.1, 0.15) is 59.5 Å². The van der Waals surface area contributed by atoms with Crippen LogP contribution in [-0.2, 0) is 16.1 Å². The first kappa shape index (κ1) is 20.3. The predicted molar refractivity (Wildman–Crippen MR) is 115 cm³/mol. The van der Waals surface area contributed by atoms with E-state index in [1.807, 2.05) is 36.4 Å². The number of nitrogens with one attached hydrogen (secondary N) is 2. The van der Waals surface area contributed by atoms with Gasteiger partial charge in [0.25, 0.3) is 5.91 Å². The van der Waals surface area contributed by atoms with Gasteiger partial charge in [-0.05, 0) is 67.7 Å². The lowest BCUT2D eigenvalue weighted by Crippen LogP contribution is -2.39. The van der Waals surface area contributed by atoms with E-state index in [9.17, 15) is 14.4 Å². The first-order valence-electron chi connectivity index (χ1n) is 10.6. The molecule has 0 bridgehead atoms. The molecule has 1 unspecified atom stereocenters. The second-order valence-corrected chi connectivity index (χ2v) is 8.11. The molecule has 2 N–H and O–H groups in total. The molecule has 0 saturated carbocycles. The number of carbonyl (C=O) groups is 3. The maximum Gasteiger partial charge on any atom is 0.255 e. The van der Waals surface area contributed by atoms with Gasteiger partial charge in [-0.25, -0.2) is 0 Å². The molecule has 2 aliphatic heterocycles. The van der Waals surface area contributed by atoms with Gasteiger partial charge in [-0.2, -0.15) is 0 Å². The molecular weight excluding hydrogens is 378 g/mol. The molecule has 156 valence electrons. The zero-order valence-electron chi connectivity index (χ0n) is 17.0. The molecule has 6 heteroatoms. The lowest BCUT2D eigenvalue weighted by atomic mass is 9.90. The number of imide groups is 1. The van der Waals surface area contributed by atoms with E-state index < -0.39 is 0 Å². The van der Waals surface area contributed by atoms with Crippen LogP contribution < -0.4 is 10.6 Å². The van der Waals surface area contributed by atoms with Crippen LogP contribution in [0.15, 0.2) is 48.5 Å². The Bertz CT molecular complexity index is 916. The molecule has 2 heterocycles. The normalized spacial score (nSPS) is 19.9. The average Bonchev–Trinajstić information content (AvgIpc) is 2.76. The van der Waals surface area contributed by atoms with Crippen molar-refractivity contribution in [3.05, 3.63) is 65.2 Å². The number of likely N-dealkylation sites (tertiary alicyclic amines) is 1. The van der Waals surface area contributed by atoms with Crippen LogP contribution in [0.25, 0.3) is 0 Å². The number of hydrogen-bond acceptors (Lipinski definition) is 4. The van der Waals surface area contributed by atoms with Crippen molar-refractivity contribution >= 4 is 23.4 Å². The predicted octanol–water partition coefficient (Wildman–Crippen LogP) is 3.45. The lowest BCUT2D eigenvalue weighted by molar-refractivity contribution is -0.134. The van der Waals surface area contributed by atoms with Gasteiger partial charge in [-0.15, -0.1) is 0 Å². The summed E-state index contributed by atoms with van der Waals surface area (Å²) >= 11 is 0. The molecule has 0 aliphatic carbocycles. The Labute approximate surface area is 176 Å². The summed E-state index contributed by atoms with van der Waals surface area (Å²) in [4.78, 5) is 38.3. The quantitative estimate of drug-likeness (QED) is 0.747. The van der Waals surface area contributed by atoms with E-state index >= 15 is 0 Å². The third kappa shape index (κ3) is 4.94. The average molecular weight is 405 g/mol. The van der Waals surface area contributed by atoms with Crippen molar-refractivity contribution in [3.8, 4) is 0 Å². The van der Waals surface area contributed by atoms with E-state index in [0.29, 0.717) is 24.1 Å². The van der Waals surface area contributed by atoms with Gasteiger partial charge < -0.3 is 5.32 Å². The van der Waals surface area contributed by atoms with Crippen molar-refractivity contribution in [3.63, 3.8) is 0 Å². The number of piperidine rings is 2. The molecule has 3 amide bonds. The molecule has 30 heavy (non-hydrogen) atoms. The topological polar surface area (TPSA) is 78.5 Å². The SMILES string of the molecule is O=C1CCC(c2ccc(NC(=O)c3ccc(CN4CCCCC4)cc3)cc2)C(=O)N1. The Hall–Kier alpha value is -2.99. The van der Waals surface area contributed by atoms with Crippen molar-refractivity contribution < 1.29 is 14.4 Å². The largest absolute Gasteiger partial charge is 0.322 e. The molecular formula is C24H27N3O3. The van der Waals surface area contributed by atoms with Gasteiger partial charge in [0.05, 0.1) is 5.92 Å². The summed E-state index contributed by atoms with van der Waals surface area (Å²) in [6.07, 6.45) is 4.72. The van der Waals surface area contributed by atoms with Gasteiger partial charge in [0.2, 0.25) is 11.8 Å². The molecule has 0 radical (unpaired) electrons. The minimum absolute atomic E-state index is 0.159. The maximum absolute atomic E-state index is 12.6. The van der Waals surface area contributed by atoms with E-state index in [4.69, 9.17) is 0 Å². The Kier molecular flexibility index (Phi) is 6.23. The van der Waals surface area contributed by atoms with Crippen LogP contribution in [0, 0.1) is 0 Å². The van der Waals surface area contributed by atoms with E-state index in [2.05, 4.69) is 15.5 Å². The van der Waals surface area contributed by atoms with Gasteiger partial charge in [-0.3, -0.25) is 24.6 Å². The molecule has 0 aromatic heterocycles. The van der Waals surface area contributed by atoms with E-state index in [0.717, 1.165) is 25.2 Å². The second kappa shape index (κ2) is 9.22. The fraction of sp³-hybridized carbons (Fsp3) is 0.375. The van der Waals surface area contributed by atoms with Crippen molar-refractivity contribution in [1.29, 1.82) is 0 Å². The highest BCUT2D eigenvalue weighted by atomic mass is 16.2. The molecule has 2 aliphatic rings. The Morgan fingerprint density at radius 3 is 2.33 bits per heavy atom. The zero-order chi connectivity index (χ0) is 20.9. The van der Waals surface area contributed by atoms with E-state index in [1.54, 1.807) is 12.1 Å². The fourth-order valence-electron chi connectivity index (χ4n) is 4.15. The monoisotopic (exact) mass is 405 g/mol. The Balaban J connectivity index is 1.34. The van der Waals surface area contributed by atoms with Crippen LogP contribution in [0.3, 0.4) is 0 Å². The summed E-state index contributed by atoms with van der Waals surface area (Å²) in [5.74, 6) is -0.956. The molecule has 2 saturated heterocycles. The molecule has 2 aromatic carbocycles. The van der Waals surface area contributed by atoms with Gasteiger partial charge in [0.1, 0.15) is 0 Å². The number of hydrogen-bond donors (Lipinski definition) is 2. The second-order valence-electron chi connectivity index (χ2n) is 8.11. The first-order chi connectivity index (χ1) is 14.6. The first-order valence-corrected chi connectivity index (χ1v) is 10.6. The van der Waals surface area contributed by atoms with E-state index in [1.165, 1.54) is 24.8 Å². The van der Waals surface area contributed by atoms with Crippen molar-refractivity contribution in [2.24, 2.45) is 0 Å². The molecule has 1 atom stereocenters. The van der Waals surface area contributed by atoms with Crippen molar-refractivity contribution in [1.82, 2.24) is 10.2 Å². The highest BCUT2D eigenvalue weighted by Gasteiger charge is 2.27. The highest BCUT2D eigenvalue weighted by molar-refractivity contribution is 6.04. The summed E-state index contributed by atoms with van der Waals surface area (Å²) in [6.45, 7) is 3.23. The van der Waals surface area contributed by atoms with Crippen LogP contribution >= 0.6 is 0 Å². The van der Waals surface area contributed by atoms with Gasteiger partial charge in [-0.1, -0.05) is 30.7 Å². The highest BCUT2D eigenvalue weighted by Crippen LogP contribution is 2.26. The zero-order valence-corrected chi connectivity index (χ0v) is 17.0. The minimum atomic E-state index is -0.320. The maximum atomic E-state index is 12.6. The van der Waals surface area contributed by atoms with E-state index in [-0.39, 0.29) is 23.6 Å². The van der Waals surface area contributed by atoms with Crippen molar-refractivity contribution in [2.75, 3.05) is 18.4 Å². The number of benzene rings is 2. The minimum Gasteiger partial charge on any atom is -0.322 e. The summed E-state index contributed by atoms with van der Waals surface area (Å²) in [5, 5.41) is 5.28. The molecule has 4 rings (SSSR count). The van der Waals surface area contributed by atoms with Crippen LogP contribution in [-0.4, -0.2) is 35.7 Å². The fourth-order valence-corrected chi connectivity index (χ4v) is 4.15. The van der Waals surface area contributed by atoms with Crippen LogP contribution in [0.5, 0.6) is 0 Å². The number of amides is 3. The van der Waals surface area contributed by atoms with Crippen molar-refractivity contribution in [2.45, 2.75) is 44.6 Å². The lowest BCUT2D eigenvalue weighted by Gasteiger charge is -2.26. The standard InChI is InChI=1S/C24H27N3O3/c28-22-13-12-21(24(30)26-22)18-8-10-20(11-9-18)25-23(29)19-6-4-17(5-7-19)16-27-14-2-1-3-15-27/h4-11,21H,1-3,12-16H2,(H,25,29)(H,26,28,30). The molecule has 0 spiro atoms. The summed E-state index contributed by atoms with van der Waals surface area (Å²) in [6, 6.07) is 15.0. The number of rotatable bonds is 5. The van der Waals surface area contributed by atoms with Gasteiger partial charge in [0, 0.05) is 24.2 Å². The molecule has 2 aromatic rings. The Morgan fingerprint density at radius 1 is 0.967 bits per heavy atom. The Morgan fingerprint density at radius 2 is 1.67 bits per heavy atom. The summed E-state index contributed by atoms with van der Waals surface area (Å²) < 4.78 is 0.